The van der Waals surface area contributed by atoms with Gasteiger partial charge in [0.1, 0.15) is 0 Å². The van der Waals surface area contributed by atoms with Crippen molar-refractivity contribution in [2.45, 2.75) is 19.1 Å². The molecule has 1 aliphatic rings. The molecular formula is C10H18N4O. The highest BCUT2D eigenvalue weighted by Crippen LogP contribution is 2.16. The monoisotopic (exact) mass is 210 g/mol. The second-order valence-corrected chi connectivity index (χ2v) is 4.12. The minimum atomic E-state index is -0.417. The van der Waals surface area contributed by atoms with Gasteiger partial charge >= 0.3 is 0 Å². The molecule has 5 heteroatoms. The van der Waals surface area contributed by atoms with Gasteiger partial charge in [-0.25, -0.2) is 4.98 Å². The Bertz CT molecular complexity index is 336. The van der Waals surface area contributed by atoms with Crippen molar-refractivity contribution >= 4 is 0 Å². The van der Waals surface area contributed by atoms with Crippen LogP contribution in [0.5, 0.6) is 0 Å². The van der Waals surface area contributed by atoms with E-state index < -0.39 is 6.10 Å². The molecule has 0 radical (unpaired) electrons. The van der Waals surface area contributed by atoms with Gasteiger partial charge < -0.3 is 15.4 Å². The average Bonchev–Trinajstić information content (AvgIpc) is 2.60. The molecule has 1 atom stereocenters. The molecule has 0 bridgehead atoms. The number of nitrogens with two attached hydrogens (primary N) is 1. The molecule has 1 aromatic heterocycles. The van der Waals surface area contributed by atoms with Crippen LogP contribution in [0.3, 0.4) is 0 Å². The first-order valence-electron chi connectivity index (χ1n) is 5.30. The van der Waals surface area contributed by atoms with E-state index in [9.17, 15) is 5.11 Å². The summed E-state index contributed by atoms with van der Waals surface area (Å²) in [6.45, 7) is 2.81. The molecule has 1 unspecified atom stereocenters. The summed E-state index contributed by atoms with van der Waals surface area (Å²) in [6.07, 6.45) is 2.40. The molecule has 0 saturated heterocycles. The van der Waals surface area contributed by atoms with Gasteiger partial charge in [-0.2, -0.15) is 0 Å². The second kappa shape index (κ2) is 4.30. The highest BCUT2D eigenvalue weighted by atomic mass is 16.3. The Balaban J connectivity index is 2.01. The van der Waals surface area contributed by atoms with Gasteiger partial charge in [0, 0.05) is 39.6 Å². The SMILES string of the molecule is Cn1cnc2c1CN(CC(O)CN)CC2. The molecule has 0 fully saturated rings. The molecule has 2 heterocycles. The summed E-state index contributed by atoms with van der Waals surface area (Å²) < 4.78 is 2.05. The first-order chi connectivity index (χ1) is 7.20. The van der Waals surface area contributed by atoms with E-state index in [4.69, 9.17) is 5.73 Å². The smallest absolute Gasteiger partial charge is 0.0949 e. The van der Waals surface area contributed by atoms with Gasteiger partial charge in [0.15, 0.2) is 0 Å². The van der Waals surface area contributed by atoms with Crippen molar-refractivity contribution in [2.75, 3.05) is 19.6 Å². The summed E-state index contributed by atoms with van der Waals surface area (Å²) in [5, 5.41) is 9.49. The van der Waals surface area contributed by atoms with Crippen LogP contribution in [0, 0.1) is 0 Å². The lowest BCUT2D eigenvalue weighted by Gasteiger charge is -2.28. The van der Waals surface area contributed by atoms with Crippen molar-refractivity contribution < 1.29 is 5.11 Å². The van der Waals surface area contributed by atoms with Crippen LogP contribution in [0.25, 0.3) is 0 Å². The molecule has 0 aliphatic carbocycles. The minimum Gasteiger partial charge on any atom is -0.390 e. The van der Waals surface area contributed by atoms with Crippen LogP contribution in [-0.2, 0) is 20.0 Å². The number of aromatic nitrogens is 2. The molecule has 1 aliphatic heterocycles. The Hall–Kier alpha value is -0.910. The van der Waals surface area contributed by atoms with E-state index in [2.05, 4.69) is 14.5 Å². The van der Waals surface area contributed by atoms with Crippen LogP contribution in [0.1, 0.15) is 11.4 Å². The number of fused-ring (bicyclic) bond motifs is 1. The Morgan fingerprint density at radius 2 is 2.47 bits per heavy atom. The maximum atomic E-state index is 9.49. The summed E-state index contributed by atoms with van der Waals surface area (Å²) in [7, 11) is 2.01. The Labute approximate surface area is 89.5 Å². The van der Waals surface area contributed by atoms with E-state index in [1.807, 2.05) is 13.4 Å². The van der Waals surface area contributed by atoms with E-state index in [0.717, 1.165) is 19.5 Å². The molecule has 0 aromatic carbocycles. The number of aliphatic hydroxyl groups excluding tert-OH is 1. The Morgan fingerprint density at radius 3 is 3.20 bits per heavy atom. The third-order valence-corrected chi connectivity index (χ3v) is 2.92. The fourth-order valence-electron chi connectivity index (χ4n) is 2.00. The van der Waals surface area contributed by atoms with E-state index in [0.29, 0.717) is 13.1 Å². The Morgan fingerprint density at radius 1 is 1.67 bits per heavy atom. The minimum absolute atomic E-state index is 0.328. The summed E-state index contributed by atoms with van der Waals surface area (Å²) in [5.41, 5.74) is 7.85. The van der Waals surface area contributed by atoms with Crippen molar-refractivity contribution in [3.05, 3.63) is 17.7 Å². The zero-order chi connectivity index (χ0) is 10.8. The van der Waals surface area contributed by atoms with Crippen LogP contribution in [-0.4, -0.2) is 45.3 Å². The largest absolute Gasteiger partial charge is 0.390 e. The van der Waals surface area contributed by atoms with Crippen LogP contribution in [0.4, 0.5) is 0 Å². The van der Waals surface area contributed by atoms with E-state index in [1.54, 1.807) is 0 Å². The van der Waals surface area contributed by atoms with Crippen LogP contribution in [0.15, 0.2) is 6.33 Å². The highest BCUT2D eigenvalue weighted by Gasteiger charge is 2.21. The molecule has 0 amide bonds. The molecule has 15 heavy (non-hydrogen) atoms. The summed E-state index contributed by atoms with van der Waals surface area (Å²) >= 11 is 0. The quantitative estimate of drug-likeness (QED) is 0.678. The summed E-state index contributed by atoms with van der Waals surface area (Å²) in [5.74, 6) is 0. The van der Waals surface area contributed by atoms with E-state index >= 15 is 0 Å². The molecule has 84 valence electrons. The predicted octanol–water partition coefficient (Wildman–Crippen LogP) is -0.902. The van der Waals surface area contributed by atoms with E-state index in [-0.39, 0.29) is 0 Å². The molecular weight excluding hydrogens is 192 g/mol. The van der Waals surface area contributed by atoms with Gasteiger partial charge in [-0.05, 0) is 0 Å². The standard InChI is InChI=1S/C10H18N4O/c1-13-7-12-9-2-3-14(6-10(9)13)5-8(15)4-11/h7-8,15H,2-6,11H2,1H3. The van der Waals surface area contributed by atoms with Crippen molar-refractivity contribution in [1.29, 1.82) is 0 Å². The lowest BCUT2D eigenvalue weighted by atomic mass is 10.1. The average molecular weight is 210 g/mol. The maximum absolute atomic E-state index is 9.49. The van der Waals surface area contributed by atoms with Crippen LogP contribution in [0.2, 0.25) is 0 Å². The number of aliphatic hydroxyl groups is 1. The number of hydrogen-bond acceptors (Lipinski definition) is 4. The number of nitrogens with zero attached hydrogens (tertiary/aromatic N) is 3. The van der Waals surface area contributed by atoms with Gasteiger partial charge in [-0.1, -0.05) is 0 Å². The number of β-amino-alcohol motifs (C(OH)–C–C–N with tert-alkyl or cyclic N) is 1. The van der Waals surface area contributed by atoms with E-state index in [1.165, 1.54) is 11.4 Å². The number of aryl methyl sites for hydroxylation is 1. The summed E-state index contributed by atoms with van der Waals surface area (Å²) in [6, 6.07) is 0. The third-order valence-electron chi connectivity index (χ3n) is 2.92. The van der Waals surface area contributed by atoms with Crippen molar-refractivity contribution in [1.82, 2.24) is 14.5 Å². The highest BCUT2D eigenvalue weighted by molar-refractivity contribution is 5.16. The molecule has 1 aromatic rings. The second-order valence-electron chi connectivity index (χ2n) is 4.12. The zero-order valence-corrected chi connectivity index (χ0v) is 9.06. The van der Waals surface area contributed by atoms with Crippen molar-refractivity contribution in [3.63, 3.8) is 0 Å². The van der Waals surface area contributed by atoms with Gasteiger partial charge in [0.05, 0.1) is 23.8 Å². The molecule has 5 nitrogen and oxygen atoms in total. The van der Waals surface area contributed by atoms with Crippen molar-refractivity contribution in [3.8, 4) is 0 Å². The van der Waals surface area contributed by atoms with Gasteiger partial charge in [-0.3, -0.25) is 4.90 Å². The lowest BCUT2D eigenvalue weighted by Crippen LogP contribution is -2.39. The fraction of sp³-hybridized carbons (Fsp3) is 0.700. The van der Waals surface area contributed by atoms with Gasteiger partial charge in [-0.15, -0.1) is 0 Å². The molecule has 3 N–H and O–H groups in total. The number of hydrogen-bond donors (Lipinski definition) is 2. The fourth-order valence-corrected chi connectivity index (χ4v) is 2.00. The predicted molar refractivity (Wildman–Crippen MR) is 57.3 cm³/mol. The zero-order valence-electron chi connectivity index (χ0n) is 9.06. The van der Waals surface area contributed by atoms with Crippen LogP contribution >= 0.6 is 0 Å². The Kier molecular flexibility index (Phi) is 3.04. The van der Waals surface area contributed by atoms with Gasteiger partial charge in [0.25, 0.3) is 0 Å². The molecule has 2 rings (SSSR count). The van der Waals surface area contributed by atoms with Crippen molar-refractivity contribution in [2.24, 2.45) is 12.8 Å². The van der Waals surface area contributed by atoms with Crippen LogP contribution < -0.4 is 5.73 Å². The summed E-state index contributed by atoms with van der Waals surface area (Å²) in [4.78, 5) is 6.56. The third kappa shape index (κ3) is 2.19. The number of imidazole rings is 1. The lowest BCUT2D eigenvalue weighted by molar-refractivity contribution is 0.109. The molecule has 0 saturated carbocycles. The van der Waals surface area contributed by atoms with Gasteiger partial charge in [0.2, 0.25) is 0 Å². The molecule has 0 spiro atoms. The maximum Gasteiger partial charge on any atom is 0.0949 e. The normalized spacial score (nSPS) is 18.9. The topological polar surface area (TPSA) is 67.3 Å². The number of rotatable bonds is 3. The first-order valence-corrected chi connectivity index (χ1v) is 5.30. The first kappa shape index (κ1) is 10.6.